The number of ketones is 1. The van der Waals surface area contributed by atoms with E-state index >= 15 is 0 Å². The summed E-state index contributed by atoms with van der Waals surface area (Å²) in [4.78, 5) is 27.8. The van der Waals surface area contributed by atoms with Gasteiger partial charge in [-0.05, 0) is 61.1 Å². The second-order valence-electron chi connectivity index (χ2n) is 10.0. The Labute approximate surface area is 207 Å². The number of rotatable bonds is 8. The first kappa shape index (κ1) is 26.3. The van der Waals surface area contributed by atoms with Gasteiger partial charge < -0.3 is 24.6 Å². The normalized spacial score (nSPS) is 17.9. The number of hydrogen-bond acceptors (Lipinski definition) is 6. The molecular weight excluding hydrogens is 446 g/mol. The molecule has 3 rings (SSSR count). The summed E-state index contributed by atoms with van der Waals surface area (Å²) in [5, 5.41) is 21.6. The summed E-state index contributed by atoms with van der Waals surface area (Å²) in [7, 11) is 1.49. The summed E-state index contributed by atoms with van der Waals surface area (Å²) in [5.74, 6) is -1.38. The van der Waals surface area contributed by atoms with E-state index < -0.39 is 17.7 Å². The van der Waals surface area contributed by atoms with Crippen LogP contribution in [0.3, 0.4) is 0 Å². The average molecular weight is 482 g/mol. The number of carbonyl (C=O) groups excluding carboxylic acids is 2. The Bertz CT molecular complexity index is 1130. The van der Waals surface area contributed by atoms with E-state index in [0.717, 1.165) is 5.56 Å². The molecule has 0 radical (unpaired) electrons. The number of carbonyl (C=O) groups is 2. The number of ether oxygens (including phenoxy) is 2. The second kappa shape index (κ2) is 10.5. The zero-order chi connectivity index (χ0) is 25.9. The lowest BCUT2D eigenvalue weighted by Gasteiger charge is -2.26. The number of aliphatic hydroxyl groups excluding tert-OH is 1. The van der Waals surface area contributed by atoms with E-state index in [2.05, 4.69) is 0 Å². The lowest BCUT2D eigenvalue weighted by atomic mass is 9.85. The molecule has 1 aliphatic rings. The van der Waals surface area contributed by atoms with Crippen LogP contribution in [0, 0.1) is 0 Å². The van der Waals surface area contributed by atoms with Crippen molar-refractivity contribution in [3.63, 3.8) is 0 Å². The van der Waals surface area contributed by atoms with Gasteiger partial charge in [-0.3, -0.25) is 9.59 Å². The number of likely N-dealkylation sites (tertiary alicyclic amines) is 1. The molecule has 7 heteroatoms. The van der Waals surface area contributed by atoms with E-state index in [1.165, 1.54) is 24.1 Å². The molecule has 0 saturated carbocycles. The van der Waals surface area contributed by atoms with E-state index in [-0.39, 0.29) is 35.1 Å². The summed E-state index contributed by atoms with van der Waals surface area (Å²) in [6, 6.07) is 11.0. The molecule has 2 N–H and O–H groups in total. The fourth-order valence-electron chi connectivity index (χ4n) is 4.21. The number of hydrogen-bond donors (Lipinski definition) is 2. The first-order valence-corrected chi connectivity index (χ1v) is 11.8. The van der Waals surface area contributed by atoms with Gasteiger partial charge in [0.2, 0.25) is 0 Å². The van der Waals surface area contributed by atoms with Gasteiger partial charge >= 0.3 is 0 Å². The van der Waals surface area contributed by atoms with E-state index in [1.807, 2.05) is 40.7 Å². The van der Waals surface area contributed by atoms with Crippen molar-refractivity contribution in [3.8, 4) is 11.5 Å². The van der Waals surface area contributed by atoms with Gasteiger partial charge in [0.15, 0.2) is 0 Å². The van der Waals surface area contributed by atoms with Gasteiger partial charge in [-0.15, -0.1) is 0 Å². The molecule has 1 aliphatic heterocycles. The van der Waals surface area contributed by atoms with Crippen LogP contribution in [0.4, 0.5) is 0 Å². The van der Waals surface area contributed by atoms with Crippen molar-refractivity contribution in [3.05, 3.63) is 64.7 Å². The fraction of sp³-hybridized carbons (Fsp3) is 0.429. The molecule has 188 valence electrons. The highest BCUT2D eigenvalue weighted by Gasteiger charge is 2.46. The van der Waals surface area contributed by atoms with Crippen molar-refractivity contribution in [2.75, 3.05) is 20.3 Å². The molecule has 2 aromatic rings. The van der Waals surface area contributed by atoms with E-state index in [9.17, 15) is 19.8 Å². The summed E-state index contributed by atoms with van der Waals surface area (Å²) in [6.07, 6.45) is 0.568. The third-order valence-corrected chi connectivity index (χ3v) is 6.04. The number of aliphatic hydroxyl groups is 1. The number of Topliss-reactive ketones (excluding diaryl/α,β-unsaturated/α-hetero) is 1. The van der Waals surface area contributed by atoms with Gasteiger partial charge in [-0.25, -0.2) is 0 Å². The highest BCUT2D eigenvalue weighted by atomic mass is 16.5. The zero-order valence-electron chi connectivity index (χ0n) is 21.3. The van der Waals surface area contributed by atoms with Gasteiger partial charge in [0.1, 0.15) is 17.3 Å². The van der Waals surface area contributed by atoms with E-state index in [4.69, 9.17) is 9.47 Å². The monoisotopic (exact) mass is 481 g/mol. The Morgan fingerprint density at radius 3 is 2.43 bits per heavy atom. The number of amides is 1. The third kappa shape index (κ3) is 5.68. The summed E-state index contributed by atoms with van der Waals surface area (Å²) in [6.45, 7) is 10.7. The molecule has 35 heavy (non-hydrogen) atoms. The molecule has 1 unspecified atom stereocenters. The van der Waals surface area contributed by atoms with Crippen LogP contribution in [0.5, 0.6) is 11.5 Å². The van der Waals surface area contributed by atoms with Crippen LogP contribution in [-0.2, 0) is 19.7 Å². The number of benzene rings is 2. The molecular formula is C28H35NO6. The van der Waals surface area contributed by atoms with Crippen LogP contribution in [0.1, 0.15) is 63.8 Å². The lowest BCUT2D eigenvalue weighted by Crippen LogP contribution is -2.31. The van der Waals surface area contributed by atoms with Crippen LogP contribution in [0.15, 0.2) is 48.0 Å². The molecule has 0 bridgehead atoms. The molecule has 1 saturated heterocycles. The average Bonchev–Trinajstić information content (AvgIpc) is 3.05. The van der Waals surface area contributed by atoms with Gasteiger partial charge in [0, 0.05) is 13.2 Å². The minimum atomic E-state index is -0.857. The maximum absolute atomic E-state index is 13.3. The highest BCUT2D eigenvalue weighted by molar-refractivity contribution is 6.46. The van der Waals surface area contributed by atoms with Crippen LogP contribution in [0.2, 0.25) is 0 Å². The predicted molar refractivity (Wildman–Crippen MR) is 135 cm³/mol. The second-order valence-corrected chi connectivity index (χ2v) is 10.0. The Hall–Kier alpha value is -3.32. The van der Waals surface area contributed by atoms with Crippen LogP contribution in [0.25, 0.3) is 5.76 Å². The largest absolute Gasteiger partial charge is 0.508 e. The highest BCUT2D eigenvalue weighted by Crippen LogP contribution is 2.42. The molecule has 0 aromatic heterocycles. The number of aromatic hydroxyl groups is 1. The van der Waals surface area contributed by atoms with Crippen LogP contribution in [-0.4, -0.2) is 53.2 Å². The van der Waals surface area contributed by atoms with Gasteiger partial charge in [-0.1, -0.05) is 39.0 Å². The maximum atomic E-state index is 13.3. The van der Waals surface area contributed by atoms with E-state index in [0.29, 0.717) is 29.9 Å². The first-order valence-electron chi connectivity index (χ1n) is 11.8. The van der Waals surface area contributed by atoms with Gasteiger partial charge in [0.25, 0.3) is 11.7 Å². The van der Waals surface area contributed by atoms with E-state index in [1.54, 1.807) is 24.3 Å². The maximum Gasteiger partial charge on any atom is 0.295 e. The third-order valence-electron chi connectivity index (χ3n) is 6.04. The Kier molecular flexibility index (Phi) is 7.90. The smallest absolute Gasteiger partial charge is 0.295 e. The molecule has 1 heterocycles. The van der Waals surface area contributed by atoms with Crippen molar-refractivity contribution in [1.29, 1.82) is 0 Å². The standard InChI is InChI=1S/C28H35NO6/c1-17(2)35-14-8-13-29-24(18-9-7-10-20(30)15-18)23(26(32)27(29)33)25(31)21-16-19(28(3,4)5)11-12-22(21)34-6/h7,9-12,15-17,24,30-31H,8,13-14H2,1-6H3/b25-23+. The Balaban J connectivity index is 2.16. The van der Waals surface area contributed by atoms with Crippen molar-refractivity contribution in [2.24, 2.45) is 0 Å². The molecule has 7 nitrogen and oxygen atoms in total. The van der Waals surface area contributed by atoms with Crippen molar-refractivity contribution >= 4 is 17.4 Å². The number of phenolic OH excluding ortho intramolecular Hbond substituents is 1. The molecule has 1 amide bonds. The molecule has 2 aromatic carbocycles. The Morgan fingerprint density at radius 2 is 1.83 bits per heavy atom. The van der Waals surface area contributed by atoms with Crippen molar-refractivity contribution < 1.29 is 29.3 Å². The number of nitrogens with zero attached hydrogens (tertiary/aromatic N) is 1. The topological polar surface area (TPSA) is 96.3 Å². The van der Waals surface area contributed by atoms with Crippen molar-refractivity contribution in [2.45, 2.75) is 58.6 Å². The molecule has 0 spiro atoms. The number of methoxy groups -OCH3 is 1. The van der Waals surface area contributed by atoms with Gasteiger partial charge in [-0.2, -0.15) is 0 Å². The lowest BCUT2D eigenvalue weighted by molar-refractivity contribution is -0.140. The SMILES string of the molecule is COc1ccc(C(C)(C)C)cc1/C(O)=C1\C(=O)C(=O)N(CCCOC(C)C)C1c1cccc(O)c1. The molecule has 1 fully saturated rings. The minimum absolute atomic E-state index is 0.00328. The fourth-order valence-corrected chi connectivity index (χ4v) is 4.21. The quantitative estimate of drug-likeness (QED) is 0.240. The summed E-state index contributed by atoms with van der Waals surface area (Å²) in [5.41, 5.74) is 1.56. The van der Waals surface area contributed by atoms with Crippen molar-refractivity contribution in [1.82, 2.24) is 4.90 Å². The van der Waals surface area contributed by atoms with Crippen LogP contribution < -0.4 is 4.74 Å². The molecule has 1 atom stereocenters. The summed E-state index contributed by atoms with van der Waals surface area (Å²) < 4.78 is 11.1. The van der Waals surface area contributed by atoms with Crippen LogP contribution >= 0.6 is 0 Å². The summed E-state index contributed by atoms with van der Waals surface area (Å²) >= 11 is 0. The first-order chi connectivity index (χ1) is 16.5. The number of phenols is 1. The minimum Gasteiger partial charge on any atom is -0.508 e. The predicted octanol–water partition coefficient (Wildman–Crippen LogP) is 4.94. The van der Waals surface area contributed by atoms with Gasteiger partial charge in [0.05, 0.1) is 30.4 Å². The Morgan fingerprint density at radius 1 is 1.11 bits per heavy atom. The zero-order valence-corrected chi connectivity index (χ0v) is 21.3. The molecule has 0 aliphatic carbocycles.